The largest absolute Gasteiger partial charge is 0.341 e. The molecule has 0 spiro atoms. The molecule has 6 nitrogen and oxygen atoms in total. The number of nitrogens with zero attached hydrogens (tertiary/aromatic N) is 4. The molecule has 2 aromatic rings. The third kappa shape index (κ3) is 4.24. The summed E-state index contributed by atoms with van der Waals surface area (Å²) in [7, 11) is 1.83. The summed E-state index contributed by atoms with van der Waals surface area (Å²) >= 11 is 1.30. The Hall–Kier alpha value is -2.02. The van der Waals surface area contributed by atoms with Crippen molar-refractivity contribution < 1.29 is 4.79 Å². The van der Waals surface area contributed by atoms with E-state index >= 15 is 0 Å². The van der Waals surface area contributed by atoms with Crippen molar-refractivity contribution in [1.29, 1.82) is 0 Å². The zero-order valence-corrected chi connectivity index (χ0v) is 14.4. The Morgan fingerprint density at radius 1 is 1.32 bits per heavy atom. The van der Waals surface area contributed by atoms with E-state index in [4.69, 9.17) is 0 Å². The fourth-order valence-corrected chi connectivity index (χ4v) is 2.57. The van der Waals surface area contributed by atoms with E-state index in [1.165, 1.54) is 11.5 Å². The van der Waals surface area contributed by atoms with Crippen molar-refractivity contribution in [3.63, 3.8) is 0 Å². The van der Waals surface area contributed by atoms with Crippen molar-refractivity contribution in [3.05, 3.63) is 29.7 Å². The highest BCUT2D eigenvalue weighted by Crippen LogP contribution is 2.24. The molecule has 1 N–H and O–H groups in total. The molecule has 22 heavy (non-hydrogen) atoms. The summed E-state index contributed by atoms with van der Waals surface area (Å²) in [5.41, 5.74) is 0.772. The quantitative estimate of drug-likeness (QED) is 0.938. The minimum Gasteiger partial charge on any atom is -0.341 e. The molecule has 0 aliphatic carbocycles. The zero-order chi connectivity index (χ0) is 16.3. The average Bonchev–Trinajstić information content (AvgIpc) is 2.87. The normalized spacial score (nSPS) is 11.3. The lowest BCUT2D eigenvalue weighted by Gasteiger charge is -2.15. The summed E-state index contributed by atoms with van der Waals surface area (Å²) < 4.78 is 4.36. The summed E-state index contributed by atoms with van der Waals surface area (Å²) in [6.45, 7) is 8.28. The van der Waals surface area contributed by atoms with Crippen LogP contribution >= 0.6 is 11.5 Å². The first-order chi connectivity index (χ1) is 10.3. The minimum atomic E-state index is -0.131. The van der Waals surface area contributed by atoms with E-state index in [1.54, 1.807) is 11.0 Å². The maximum Gasteiger partial charge on any atom is 0.245 e. The van der Waals surface area contributed by atoms with Crippen LogP contribution in [0.5, 0.6) is 0 Å². The van der Waals surface area contributed by atoms with Gasteiger partial charge in [0.1, 0.15) is 11.6 Å². The van der Waals surface area contributed by atoms with E-state index in [-0.39, 0.29) is 17.9 Å². The summed E-state index contributed by atoms with van der Waals surface area (Å²) in [6, 6.07) is 5.52. The van der Waals surface area contributed by atoms with E-state index in [1.807, 2.05) is 26.1 Å². The van der Waals surface area contributed by atoms with E-state index < -0.39 is 0 Å². The number of nitrogens with one attached hydrogen (secondary N) is 1. The number of rotatable bonds is 4. The van der Waals surface area contributed by atoms with Crippen LogP contribution < -0.4 is 10.2 Å². The summed E-state index contributed by atoms with van der Waals surface area (Å²) in [5, 5.41) is 3.52. The van der Waals surface area contributed by atoms with Gasteiger partial charge in [-0.1, -0.05) is 26.8 Å². The molecule has 0 unspecified atom stereocenters. The smallest absolute Gasteiger partial charge is 0.245 e. The molecule has 0 saturated heterocycles. The fourth-order valence-electron chi connectivity index (χ4n) is 1.75. The van der Waals surface area contributed by atoms with Crippen LogP contribution in [0.25, 0.3) is 0 Å². The lowest BCUT2D eigenvalue weighted by atomic mass is 9.96. The Morgan fingerprint density at radius 3 is 2.64 bits per heavy atom. The lowest BCUT2D eigenvalue weighted by molar-refractivity contribution is -0.114. The fraction of sp³-hybridized carbons (Fsp3) is 0.467. The second kappa shape index (κ2) is 6.39. The molecular formula is C15H21N5OS. The van der Waals surface area contributed by atoms with Gasteiger partial charge in [0, 0.05) is 29.7 Å². The first-order valence-corrected chi connectivity index (χ1v) is 7.82. The molecule has 0 aliphatic rings. The Kier molecular flexibility index (Phi) is 4.75. The molecule has 0 fully saturated rings. The van der Waals surface area contributed by atoms with Gasteiger partial charge in [-0.15, -0.1) is 0 Å². The topological polar surface area (TPSA) is 71.0 Å². The molecule has 1 amide bonds. The van der Waals surface area contributed by atoms with Gasteiger partial charge in [0.05, 0.1) is 6.54 Å². The number of hydrogen-bond acceptors (Lipinski definition) is 6. The number of aryl methyl sites for hydroxylation is 1. The molecule has 118 valence electrons. The maximum absolute atomic E-state index is 12.1. The highest BCUT2D eigenvalue weighted by Gasteiger charge is 2.21. The van der Waals surface area contributed by atoms with Crippen LogP contribution in [0.15, 0.2) is 18.2 Å². The van der Waals surface area contributed by atoms with Gasteiger partial charge in [-0.2, -0.15) is 4.37 Å². The van der Waals surface area contributed by atoms with Gasteiger partial charge >= 0.3 is 0 Å². The molecule has 0 radical (unpaired) electrons. The molecule has 0 saturated carbocycles. The number of pyridine rings is 1. The van der Waals surface area contributed by atoms with E-state index in [0.717, 1.165) is 16.6 Å². The Balaban J connectivity index is 1.98. The number of likely N-dealkylation sites (N-methyl/N-ethyl adjacent to an activating group) is 1. The van der Waals surface area contributed by atoms with Gasteiger partial charge in [0.15, 0.2) is 0 Å². The number of carbonyl (C=O) groups excluding carboxylic acids is 1. The molecule has 7 heteroatoms. The third-order valence-electron chi connectivity index (χ3n) is 2.95. The molecule has 2 aromatic heterocycles. The molecular weight excluding hydrogens is 298 g/mol. The third-order valence-corrected chi connectivity index (χ3v) is 3.78. The predicted octanol–water partition coefficient (Wildman–Crippen LogP) is 2.61. The molecule has 0 aliphatic heterocycles. The Morgan fingerprint density at radius 2 is 2.05 bits per heavy atom. The second-order valence-corrected chi connectivity index (χ2v) is 6.95. The summed E-state index contributed by atoms with van der Waals surface area (Å²) in [5.74, 6) is 1.22. The molecule has 0 atom stereocenters. The van der Waals surface area contributed by atoms with Gasteiger partial charge in [-0.05, 0) is 19.1 Å². The molecule has 2 rings (SSSR count). The van der Waals surface area contributed by atoms with Gasteiger partial charge in [-0.3, -0.25) is 4.79 Å². The van der Waals surface area contributed by atoms with E-state index in [2.05, 4.69) is 40.4 Å². The SMILES string of the molecule is Cc1cccc(NC(=O)CN(C)c2nc(C(C)(C)C)ns2)n1. The Labute approximate surface area is 134 Å². The second-order valence-electron chi connectivity index (χ2n) is 6.22. The van der Waals surface area contributed by atoms with Crippen LogP contribution in [-0.2, 0) is 10.2 Å². The number of anilines is 2. The molecule has 0 aromatic carbocycles. The monoisotopic (exact) mass is 319 g/mol. The molecule has 0 bridgehead atoms. The van der Waals surface area contributed by atoms with E-state index in [0.29, 0.717) is 5.82 Å². The van der Waals surface area contributed by atoms with Crippen LogP contribution in [-0.4, -0.2) is 33.8 Å². The van der Waals surface area contributed by atoms with Crippen LogP contribution in [0, 0.1) is 6.92 Å². The highest BCUT2D eigenvalue weighted by atomic mass is 32.1. The van der Waals surface area contributed by atoms with Gasteiger partial charge in [0.2, 0.25) is 11.0 Å². The van der Waals surface area contributed by atoms with Crippen LogP contribution in [0.4, 0.5) is 10.9 Å². The minimum absolute atomic E-state index is 0.0939. The number of aromatic nitrogens is 3. The van der Waals surface area contributed by atoms with Crippen molar-refractivity contribution in [2.24, 2.45) is 0 Å². The van der Waals surface area contributed by atoms with E-state index in [9.17, 15) is 4.79 Å². The van der Waals surface area contributed by atoms with Crippen molar-refractivity contribution in [1.82, 2.24) is 14.3 Å². The standard InChI is InChI=1S/C15H21N5OS/c1-10-7-6-8-11(16-10)17-12(21)9-20(5)14-18-13(19-22-14)15(2,3)4/h6-8H,9H2,1-5H3,(H,16,17,21). The van der Waals surface area contributed by atoms with Gasteiger partial charge < -0.3 is 10.2 Å². The maximum atomic E-state index is 12.1. The van der Waals surface area contributed by atoms with Crippen molar-refractivity contribution in [3.8, 4) is 0 Å². The predicted molar refractivity (Wildman–Crippen MR) is 89.5 cm³/mol. The van der Waals surface area contributed by atoms with Gasteiger partial charge in [0.25, 0.3) is 0 Å². The average molecular weight is 319 g/mol. The summed E-state index contributed by atoms with van der Waals surface area (Å²) in [6.07, 6.45) is 0. The number of carbonyl (C=O) groups is 1. The number of hydrogen-bond donors (Lipinski definition) is 1. The first kappa shape index (κ1) is 16.4. The summed E-state index contributed by atoms with van der Waals surface area (Å²) in [4.78, 5) is 22.6. The van der Waals surface area contributed by atoms with Crippen LogP contribution in [0.1, 0.15) is 32.3 Å². The lowest BCUT2D eigenvalue weighted by Crippen LogP contribution is -2.30. The number of amides is 1. The first-order valence-electron chi connectivity index (χ1n) is 7.04. The highest BCUT2D eigenvalue weighted by molar-refractivity contribution is 7.09. The Bertz CT molecular complexity index is 662. The zero-order valence-electron chi connectivity index (χ0n) is 13.5. The van der Waals surface area contributed by atoms with Crippen LogP contribution in [0.3, 0.4) is 0 Å². The van der Waals surface area contributed by atoms with Crippen LogP contribution in [0.2, 0.25) is 0 Å². The van der Waals surface area contributed by atoms with Crippen molar-refractivity contribution >= 4 is 28.4 Å². The van der Waals surface area contributed by atoms with Gasteiger partial charge in [-0.25, -0.2) is 9.97 Å². The molecule has 2 heterocycles. The van der Waals surface area contributed by atoms with Crippen molar-refractivity contribution in [2.45, 2.75) is 33.1 Å². The van der Waals surface area contributed by atoms with Crippen molar-refractivity contribution in [2.75, 3.05) is 23.8 Å².